The van der Waals surface area contributed by atoms with Gasteiger partial charge in [-0.2, -0.15) is 4.98 Å². The highest BCUT2D eigenvalue weighted by molar-refractivity contribution is 6.04. The van der Waals surface area contributed by atoms with Gasteiger partial charge in [0.25, 0.3) is 0 Å². The minimum Gasteiger partial charge on any atom is -0.308 e. The van der Waals surface area contributed by atoms with Crippen molar-refractivity contribution >= 4 is 28.4 Å². The van der Waals surface area contributed by atoms with Gasteiger partial charge in [-0.3, -0.25) is 14.9 Å². The van der Waals surface area contributed by atoms with Crippen LogP contribution in [0.2, 0.25) is 0 Å². The zero-order valence-corrected chi connectivity index (χ0v) is 15.8. The number of carbonyl (C=O) groups excluding carboxylic acids is 1. The van der Waals surface area contributed by atoms with Crippen LogP contribution in [-0.4, -0.2) is 20.6 Å². The number of aryl methyl sites for hydroxylation is 1. The standard InChI is InChI=1S/C22H19N5O2/c1-15-6-4-8-17(12-15)24-21(28)26-20-18-9-2-3-10-19(18)25-22(29)27(20)14-16-7-5-11-23-13-16/h2-13H,14H2,1H3,(H2,24,26,28). The highest BCUT2D eigenvalue weighted by Crippen LogP contribution is 2.21. The van der Waals surface area contributed by atoms with E-state index in [2.05, 4.69) is 20.6 Å². The van der Waals surface area contributed by atoms with E-state index in [0.717, 1.165) is 11.1 Å². The fraction of sp³-hybridized carbons (Fsp3) is 0.0909. The average Bonchev–Trinajstić information content (AvgIpc) is 2.71. The molecule has 4 rings (SSSR count). The summed E-state index contributed by atoms with van der Waals surface area (Å²) in [6, 6.07) is 17.9. The molecule has 2 N–H and O–H groups in total. The molecular weight excluding hydrogens is 366 g/mol. The van der Waals surface area contributed by atoms with Crippen LogP contribution in [0.5, 0.6) is 0 Å². The molecule has 0 bridgehead atoms. The summed E-state index contributed by atoms with van der Waals surface area (Å²) >= 11 is 0. The van der Waals surface area contributed by atoms with E-state index in [1.807, 2.05) is 43.3 Å². The SMILES string of the molecule is Cc1cccc(NC(=O)Nc2c3ccccc3nc(=O)n2Cc2cccnc2)c1. The molecule has 0 unspecified atom stereocenters. The lowest BCUT2D eigenvalue weighted by Crippen LogP contribution is -2.30. The highest BCUT2D eigenvalue weighted by atomic mass is 16.2. The molecule has 144 valence electrons. The summed E-state index contributed by atoms with van der Waals surface area (Å²) in [7, 11) is 0. The predicted molar refractivity (Wildman–Crippen MR) is 113 cm³/mol. The lowest BCUT2D eigenvalue weighted by Gasteiger charge is -2.16. The van der Waals surface area contributed by atoms with Crippen molar-refractivity contribution in [2.45, 2.75) is 13.5 Å². The van der Waals surface area contributed by atoms with Crippen molar-refractivity contribution in [2.75, 3.05) is 10.6 Å². The summed E-state index contributed by atoms with van der Waals surface area (Å²) in [5, 5.41) is 6.32. The Morgan fingerprint density at radius 1 is 1.03 bits per heavy atom. The molecule has 0 spiro atoms. The van der Waals surface area contributed by atoms with Crippen LogP contribution in [0.4, 0.5) is 16.3 Å². The molecule has 2 amide bonds. The molecule has 7 nitrogen and oxygen atoms in total. The van der Waals surface area contributed by atoms with E-state index in [9.17, 15) is 9.59 Å². The Labute approximate surface area is 167 Å². The normalized spacial score (nSPS) is 10.7. The van der Waals surface area contributed by atoms with Crippen LogP contribution >= 0.6 is 0 Å². The Bertz CT molecular complexity index is 1230. The quantitative estimate of drug-likeness (QED) is 0.559. The van der Waals surface area contributed by atoms with Crippen LogP contribution in [0.25, 0.3) is 10.9 Å². The summed E-state index contributed by atoms with van der Waals surface area (Å²) in [4.78, 5) is 33.6. The number of pyridine rings is 1. The van der Waals surface area contributed by atoms with Gasteiger partial charge in [-0.05, 0) is 48.4 Å². The van der Waals surface area contributed by atoms with Crippen molar-refractivity contribution in [3.8, 4) is 0 Å². The van der Waals surface area contributed by atoms with Crippen LogP contribution in [0.15, 0.2) is 77.9 Å². The Morgan fingerprint density at radius 3 is 2.69 bits per heavy atom. The predicted octanol–water partition coefficient (Wildman–Crippen LogP) is 3.79. The lowest BCUT2D eigenvalue weighted by molar-refractivity contribution is 0.262. The Hall–Kier alpha value is -4.00. The first-order valence-corrected chi connectivity index (χ1v) is 9.13. The van der Waals surface area contributed by atoms with Gasteiger partial charge >= 0.3 is 11.7 Å². The number of benzene rings is 2. The molecule has 2 aromatic carbocycles. The number of nitrogens with zero attached hydrogens (tertiary/aromatic N) is 3. The molecule has 4 aromatic rings. The second-order valence-corrected chi connectivity index (χ2v) is 6.66. The summed E-state index contributed by atoms with van der Waals surface area (Å²) in [5.41, 5.74) is 2.60. The Balaban J connectivity index is 1.73. The molecule has 0 aliphatic carbocycles. The molecule has 2 aromatic heterocycles. The summed E-state index contributed by atoms with van der Waals surface area (Å²) < 4.78 is 1.44. The number of urea groups is 1. The van der Waals surface area contributed by atoms with Crippen LogP contribution in [0.1, 0.15) is 11.1 Å². The molecule has 0 aliphatic rings. The maximum absolute atomic E-state index is 12.7. The third-order valence-corrected chi connectivity index (χ3v) is 4.45. The monoisotopic (exact) mass is 385 g/mol. The van der Waals surface area contributed by atoms with E-state index in [-0.39, 0.29) is 6.54 Å². The highest BCUT2D eigenvalue weighted by Gasteiger charge is 2.14. The van der Waals surface area contributed by atoms with Gasteiger partial charge in [0.15, 0.2) is 0 Å². The Kier molecular flexibility index (Phi) is 5.03. The Morgan fingerprint density at radius 2 is 1.90 bits per heavy atom. The zero-order valence-electron chi connectivity index (χ0n) is 15.8. The number of amides is 2. The van der Waals surface area contributed by atoms with E-state index in [1.54, 1.807) is 36.7 Å². The minimum atomic E-state index is -0.446. The van der Waals surface area contributed by atoms with E-state index in [0.29, 0.717) is 22.4 Å². The molecule has 0 saturated heterocycles. The second-order valence-electron chi connectivity index (χ2n) is 6.66. The molecule has 29 heavy (non-hydrogen) atoms. The molecule has 0 atom stereocenters. The van der Waals surface area contributed by atoms with Crippen LogP contribution in [0, 0.1) is 6.92 Å². The largest absolute Gasteiger partial charge is 0.350 e. The first-order valence-electron chi connectivity index (χ1n) is 9.13. The fourth-order valence-electron chi connectivity index (χ4n) is 3.12. The average molecular weight is 385 g/mol. The number of fused-ring (bicyclic) bond motifs is 1. The zero-order chi connectivity index (χ0) is 20.2. The molecule has 0 radical (unpaired) electrons. The van der Waals surface area contributed by atoms with E-state index < -0.39 is 11.7 Å². The number of hydrogen-bond donors (Lipinski definition) is 2. The van der Waals surface area contributed by atoms with E-state index in [1.165, 1.54) is 4.57 Å². The summed E-state index contributed by atoms with van der Waals surface area (Å²) in [5.74, 6) is 0.384. The van der Waals surface area contributed by atoms with Gasteiger partial charge in [-0.25, -0.2) is 9.59 Å². The van der Waals surface area contributed by atoms with Crippen molar-refractivity contribution in [2.24, 2.45) is 0 Å². The maximum atomic E-state index is 12.7. The van der Waals surface area contributed by atoms with Crippen molar-refractivity contribution in [3.63, 3.8) is 0 Å². The topological polar surface area (TPSA) is 88.9 Å². The van der Waals surface area contributed by atoms with Crippen molar-refractivity contribution in [1.29, 1.82) is 0 Å². The van der Waals surface area contributed by atoms with Gasteiger partial charge in [-0.15, -0.1) is 0 Å². The van der Waals surface area contributed by atoms with E-state index >= 15 is 0 Å². The molecule has 0 fully saturated rings. The number of carbonyl (C=O) groups is 1. The molecule has 0 aliphatic heterocycles. The maximum Gasteiger partial charge on any atom is 0.350 e. The molecule has 2 heterocycles. The van der Waals surface area contributed by atoms with Crippen LogP contribution in [-0.2, 0) is 6.54 Å². The number of hydrogen-bond acceptors (Lipinski definition) is 4. The first kappa shape index (κ1) is 18.4. The van der Waals surface area contributed by atoms with Crippen LogP contribution in [0.3, 0.4) is 0 Å². The van der Waals surface area contributed by atoms with Crippen molar-refractivity contribution in [1.82, 2.24) is 14.5 Å². The molecular formula is C22H19N5O2. The molecule has 0 saturated carbocycles. The van der Waals surface area contributed by atoms with Gasteiger partial charge in [0.05, 0.1) is 12.1 Å². The number of anilines is 2. The van der Waals surface area contributed by atoms with Gasteiger partial charge < -0.3 is 5.32 Å². The van der Waals surface area contributed by atoms with Gasteiger partial charge in [0.2, 0.25) is 0 Å². The smallest absolute Gasteiger partial charge is 0.308 e. The minimum absolute atomic E-state index is 0.241. The number of nitrogens with one attached hydrogen (secondary N) is 2. The van der Waals surface area contributed by atoms with Crippen molar-refractivity contribution < 1.29 is 4.79 Å². The van der Waals surface area contributed by atoms with E-state index in [4.69, 9.17) is 0 Å². The lowest BCUT2D eigenvalue weighted by atomic mass is 10.2. The number of para-hydroxylation sites is 1. The number of rotatable bonds is 4. The van der Waals surface area contributed by atoms with Gasteiger partial charge in [0.1, 0.15) is 5.82 Å². The van der Waals surface area contributed by atoms with Gasteiger partial charge in [0, 0.05) is 23.5 Å². The fourth-order valence-corrected chi connectivity index (χ4v) is 3.12. The van der Waals surface area contributed by atoms with Crippen molar-refractivity contribution in [3.05, 3.63) is 94.7 Å². The summed E-state index contributed by atoms with van der Waals surface area (Å²) in [6.07, 6.45) is 3.34. The number of aromatic nitrogens is 3. The third-order valence-electron chi connectivity index (χ3n) is 4.45. The third kappa shape index (κ3) is 4.14. The summed E-state index contributed by atoms with van der Waals surface area (Å²) in [6.45, 7) is 2.19. The van der Waals surface area contributed by atoms with Crippen LogP contribution < -0.4 is 16.3 Å². The molecule has 7 heteroatoms. The van der Waals surface area contributed by atoms with Gasteiger partial charge in [-0.1, -0.05) is 30.3 Å². The second kappa shape index (κ2) is 7.93. The first-order chi connectivity index (χ1) is 14.1.